The van der Waals surface area contributed by atoms with E-state index in [0.717, 1.165) is 26.9 Å². The predicted octanol–water partition coefficient (Wildman–Crippen LogP) is 7.75. The molecule has 9 heteroatoms. The van der Waals surface area contributed by atoms with Crippen molar-refractivity contribution >= 4 is 51.0 Å². The Morgan fingerprint density at radius 2 is 1.89 bits per heavy atom. The molecule has 0 fully saturated rings. The quantitative estimate of drug-likeness (QED) is 0.206. The highest BCUT2D eigenvalue weighted by Gasteiger charge is 2.34. The van der Waals surface area contributed by atoms with Gasteiger partial charge in [0.2, 0.25) is 11.1 Å². The molecule has 0 bridgehead atoms. The normalized spacial score (nSPS) is 14.7. The van der Waals surface area contributed by atoms with E-state index in [1.807, 2.05) is 49.4 Å². The number of Topliss-reactive ketones (excluding diaryl/α,β-unsaturated/α-hetero) is 1. The fraction of sp³-hybridized carbons (Fsp3) is 0.207. The van der Waals surface area contributed by atoms with Gasteiger partial charge in [0.25, 0.3) is 0 Å². The van der Waals surface area contributed by atoms with Gasteiger partial charge >= 0.3 is 0 Å². The van der Waals surface area contributed by atoms with Crippen LogP contribution in [0.3, 0.4) is 0 Å². The van der Waals surface area contributed by atoms with E-state index < -0.39 is 6.04 Å². The first-order valence-corrected chi connectivity index (χ1v) is 14.2. The Balaban J connectivity index is 1.51. The molecule has 1 unspecified atom stereocenters. The molecule has 5 rings (SSSR count). The van der Waals surface area contributed by atoms with E-state index in [2.05, 4.69) is 52.4 Å². The lowest BCUT2D eigenvalue weighted by molar-refractivity contribution is -0.114. The lowest BCUT2D eigenvalue weighted by Crippen LogP contribution is -2.28. The number of carbonyl (C=O) groups excluding carboxylic acids is 1. The summed E-state index contributed by atoms with van der Waals surface area (Å²) in [6, 6.07) is 21.3. The zero-order valence-corrected chi connectivity index (χ0v) is 24.3. The molecule has 1 aliphatic rings. The molecule has 0 amide bonds. The van der Waals surface area contributed by atoms with E-state index in [9.17, 15) is 4.79 Å². The van der Waals surface area contributed by atoms with Gasteiger partial charge in [-0.3, -0.25) is 4.79 Å². The monoisotopic (exact) mass is 608 g/mol. The van der Waals surface area contributed by atoms with Gasteiger partial charge in [-0.2, -0.15) is 4.98 Å². The predicted molar refractivity (Wildman–Crippen MR) is 156 cm³/mol. The molecular formula is C29H26BrClN4O2S. The molecule has 3 aromatic carbocycles. The highest BCUT2D eigenvalue weighted by Crippen LogP contribution is 2.41. The summed E-state index contributed by atoms with van der Waals surface area (Å²) in [7, 11) is 0. The van der Waals surface area contributed by atoms with Crippen molar-refractivity contribution in [3.05, 3.63) is 110 Å². The molecule has 1 atom stereocenters. The van der Waals surface area contributed by atoms with Crippen LogP contribution in [0.5, 0.6) is 5.75 Å². The Morgan fingerprint density at radius 1 is 1.13 bits per heavy atom. The summed E-state index contributed by atoms with van der Waals surface area (Å²) >= 11 is 11.4. The number of carbonyl (C=O) groups is 1. The van der Waals surface area contributed by atoms with Gasteiger partial charge in [0.05, 0.1) is 0 Å². The lowest BCUT2D eigenvalue weighted by atomic mass is 9.92. The number of nitrogens with zero attached hydrogens (tertiary/aromatic N) is 3. The van der Waals surface area contributed by atoms with Crippen LogP contribution in [-0.2, 0) is 17.2 Å². The molecule has 38 heavy (non-hydrogen) atoms. The number of ketones is 1. The lowest BCUT2D eigenvalue weighted by Gasteiger charge is -2.29. The number of hydrogen-bond acceptors (Lipinski definition) is 6. The summed E-state index contributed by atoms with van der Waals surface area (Å²) in [5, 5.41) is 9.40. The van der Waals surface area contributed by atoms with Gasteiger partial charge < -0.3 is 10.1 Å². The molecule has 1 aliphatic heterocycles. The molecule has 1 aromatic heterocycles. The Morgan fingerprint density at radius 3 is 2.63 bits per heavy atom. The van der Waals surface area contributed by atoms with E-state index in [1.54, 1.807) is 11.6 Å². The zero-order chi connectivity index (χ0) is 26.8. The topological polar surface area (TPSA) is 69.0 Å². The van der Waals surface area contributed by atoms with Gasteiger partial charge in [-0.1, -0.05) is 87.3 Å². The first-order valence-electron chi connectivity index (χ1n) is 12.1. The SMILES string of the molecule is CC(=O)C1=C(C)Nc2nc(SCc3ccccc3Cl)nn2C1c1cc(Br)ccc1OCc1ccc(C)cc1. The molecule has 6 nitrogen and oxygen atoms in total. The summed E-state index contributed by atoms with van der Waals surface area (Å²) in [5.74, 6) is 1.83. The Kier molecular flexibility index (Phi) is 7.93. The van der Waals surface area contributed by atoms with Gasteiger partial charge in [0, 0.05) is 32.1 Å². The average Bonchev–Trinajstić information content (AvgIpc) is 3.29. The van der Waals surface area contributed by atoms with Gasteiger partial charge in [-0.05, 0) is 56.2 Å². The van der Waals surface area contributed by atoms with Crippen LogP contribution in [0, 0.1) is 6.92 Å². The molecule has 0 spiro atoms. The molecule has 0 radical (unpaired) electrons. The molecule has 0 aliphatic carbocycles. The van der Waals surface area contributed by atoms with Crippen LogP contribution in [0.15, 0.2) is 87.6 Å². The van der Waals surface area contributed by atoms with Crippen LogP contribution in [-0.4, -0.2) is 20.5 Å². The van der Waals surface area contributed by atoms with Crippen LogP contribution >= 0.6 is 39.3 Å². The molecule has 4 aromatic rings. The fourth-order valence-corrected chi connectivity index (χ4v) is 5.90. The van der Waals surface area contributed by atoms with Crippen molar-refractivity contribution in [3.63, 3.8) is 0 Å². The Hall–Kier alpha value is -3.07. The number of allylic oxidation sites excluding steroid dienone is 2. The van der Waals surface area contributed by atoms with E-state index in [0.29, 0.717) is 39.8 Å². The number of aromatic nitrogens is 3. The number of thioether (sulfide) groups is 1. The first-order chi connectivity index (χ1) is 18.3. The highest BCUT2D eigenvalue weighted by atomic mass is 79.9. The van der Waals surface area contributed by atoms with Crippen molar-refractivity contribution in [2.24, 2.45) is 0 Å². The van der Waals surface area contributed by atoms with Crippen molar-refractivity contribution in [2.45, 2.75) is 44.3 Å². The summed E-state index contributed by atoms with van der Waals surface area (Å²) < 4.78 is 8.97. The van der Waals surface area contributed by atoms with Gasteiger partial charge in [-0.25, -0.2) is 4.68 Å². The van der Waals surface area contributed by atoms with Gasteiger partial charge in [-0.15, -0.1) is 5.10 Å². The molecule has 0 saturated carbocycles. The van der Waals surface area contributed by atoms with Crippen LogP contribution in [0.4, 0.5) is 5.95 Å². The minimum Gasteiger partial charge on any atom is -0.489 e. The number of hydrogen-bond donors (Lipinski definition) is 1. The number of aryl methyl sites for hydroxylation is 1. The molecular weight excluding hydrogens is 584 g/mol. The number of halogens is 2. The number of rotatable bonds is 8. The largest absolute Gasteiger partial charge is 0.489 e. The summed E-state index contributed by atoms with van der Waals surface area (Å²) in [6.07, 6.45) is 0. The standard InChI is InChI=1S/C29H26BrClN4O2S/c1-17-8-10-20(11-9-17)15-37-25-13-12-22(30)14-23(25)27-26(19(3)36)18(2)32-28-33-29(34-35(27)28)38-16-21-6-4-5-7-24(21)31/h4-14,27H,15-16H2,1-3H3,(H,32,33,34). The summed E-state index contributed by atoms with van der Waals surface area (Å²) in [5.41, 5.74) is 5.45. The third-order valence-corrected chi connectivity index (χ3v) is 8.06. The number of nitrogens with one attached hydrogen (secondary N) is 1. The second-order valence-corrected chi connectivity index (χ2v) is 11.4. The maximum atomic E-state index is 12.9. The van der Waals surface area contributed by atoms with Crippen molar-refractivity contribution in [3.8, 4) is 5.75 Å². The zero-order valence-electron chi connectivity index (χ0n) is 21.2. The third-order valence-electron chi connectivity index (χ3n) is 6.31. The van der Waals surface area contributed by atoms with E-state index in [-0.39, 0.29) is 5.78 Å². The van der Waals surface area contributed by atoms with E-state index in [1.165, 1.54) is 17.3 Å². The second kappa shape index (κ2) is 11.4. The van der Waals surface area contributed by atoms with Crippen molar-refractivity contribution in [2.75, 3.05) is 5.32 Å². The third kappa shape index (κ3) is 5.67. The number of ether oxygens (including phenoxy) is 1. The molecule has 194 valence electrons. The average molecular weight is 610 g/mol. The Labute approximate surface area is 239 Å². The fourth-order valence-electron chi connectivity index (χ4n) is 4.40. The number of benzene rings is 3. The van der Waals surface area contributed by atoms with Crippen LogP contribution in [0.25, 0.3) is 0 Å². The maximum Gasteiger partial charge on any atom is 0.227 e. The first kappa shape index (κ1) is 26.5. The highest BCUT2D eigenvalue weighted by molar-refractivity contribution is 9.10. The van der Waals surface area contributed by atoms with Crippen LogP contribution < -0.4 is 10.1 Å². The van der Waals surface area contributed by atoms with Crippen LogP contribution in [0.1, 0.15) is 42.1 Å². The van der Waals surface area contributed by atoms with E-state index >= 15 is 0 Å². The van der Waals surface area contributed by atoms with Crippen molar-refractivity contribution in [1.29, 1.82) is 0 Å². The van der Waals surface area contributed by atoms with Gasteiger partial charge in [0.15, 0.2) is 5.78 Å². The Bertz CT molecular complexity index is 1530. The van der Waals surface area contributed by atoms with E-state index in [4.69, 9.17) is 26.4 Å². The molecule has 2 heterocycles. The molecule has 0 saturated heterocycles. The number of fused-ring (bicyclic) bond motifs is 1. The smallest absolute Gasteiger partial charge is 0.227 e. The molecule has 1 N–H and O–H groups in total. The summed E-state index contributed by atoms with van der Waals surface area (Å²) in [6.45, 7) is 5.93. The van der Waals surface area contributed by atoms with Crippen molar-refractivity contribution in [1.82, 2.24) is 14.8 Å². The van der Waals surface area contributed by atoms with Gasteiger partial charge in [0.1, 0.15) is 18.4 Å². The second-order valence-electron chi connectivity index (χ2n) is 9.12. The minimum absolute atomic E-state index is 0.0455. The van der Waals surface area contributed by atoms with Crippen LogP contribution in [0.2, 0.25) is 5.02 Å². The number of anilines is 1. The minimum atomic E-state index is -0.503. The summed E-state index contributed by atoms with van der Waals surface area (Å²) in [4.78, 5) is 17.7. The van der Waals surface area contributed by atoms with Crippen molar-refractivity contribution < 1.29 is 9.53 Å². The maximum absolute atomic E-state index is 12.9.